The molecule has 1 aromatic rings. The first kappa shape index (κ1) is 11.2. The summed E-state index contributed by atoms with van der Waals surface area (Å²) >= 11 is 0. The zero-order chi connectivity index (χ0) is 11.5. The van der Waals surface area contributed by atoms with Crippen molar-refractivity contribution in [3.05, 3.63) is 23.8 Å². The maximum Gasteiger partial charge on any atom is 0.142 e. The zero-order valence-corrected chi connectivity index (χ0v) is 9.35. The van der Waals surface area contributed by atoms with Gasteiger partial charge >= 0.3 is 0 Å². The van der Waals surface area contributed by atoms with Crippen molar-refractivity contribution >= 4 is 5.69 Å². The number of para-hydroxylation sites is 1. The summed E-state index contributed by atoms with van der Waals surface area (Å²) in [5.41, 5.74) is 7.19. The molecule has 2 unspecified atom stereocenters. The Kier molecular flexibility index (Phi) is 3.31. The Bertz CT molecular complexity index is 361. The van der Waals surface area contributed by atoms with Crippen molar-refractivity contribution in [3.8, 4) is 5.75 Å². The fourth-order valence-corrected chi connectivity index (χ4v) is 2.05. The lowest BCUT2D eigenvalue weighted by molar-refractivity contribution is 0.0922. The Labute approximate surface area is 95.0 Å². The van der Waals surface area contributed by atoms with Gasteiger partial charge in [0.2, 0.25) is 0 Å². The van der Waals surface area contributed by atoms with E-state index in [0.717, 1.165) is 12.0 Å². The van der Waals surface area contributed by atoms with Gasteiger partial charge in [-0.15, -0.1) is 0 Å². The first-order chi connectivity index (χ1) is 7.74. The van der Waals surface area contributed by atoms with Crippen LogP contribution in [0.3, 0.4) is 0 Å². The van der Waals surface area contributed by atoms with Gasteiger partial charge < -0.3 is 20.3 Å². The molecule has 0 aromatic heterocycles. The molecule has 16 heavy (non-hydrogen) atoms. The summed E-state index contributed by atoms with van der Waals surface area (Å²) in [5.74, 6) is 0.741. The number of aliphatic hydroxyl groups is 1. The second kappa shape index (κ2) is 4.72. The number of ether oxygens (including phenoxy) is 2. The largest absolute Gasteiger partial charge is 0.495 e. The molecular formula is C12H17NO3. The number of methoxy groups -OCH3 is 1. The Hall–Kier alpha value is -1.26. The van der Waals surface area contributed by atoms with E-state index in [0.29, 0.717) is 24.7 Å². The van der Waals surface area contributed by atoms with E-state index in [1.807, 2.05) is 12.1 Å². The smallest absolute Gasteiger partial charge is 0.142 e. The Morgan fingerprint density at radius 3 is 3.00 bits per heavy atom. The van der Waals surface area contributed by atoms with Gasteiger partial charge in [-0.2, -0.15) is 0 Å². The van der Waals surface area contributed by atoms with E-state index < -0.39 is 6.10 Å². The summed E-state index contributed by atoms with van der Waals surface area (Å²) in [6, 6.07) is 5.46. The van der Waals surface area contributed by atoms with Crippen molar-refractivity contribution < 1.29 is 14.6 Å². The van der Waals surface area contributed by atoms with E-state index in [9.17, 15) is 5.11 Å². The van der Waals surface area contributed by atoms with Crippen LogP contribution in [0.2, 0.25) is 0 Å². The number of aliphatic hydroxyl groups excluding tert-OH is 1. The molecule has 1 heterocycles. The number of rotatable bonds is 3. The van der Waals surface area contributed by atoms with Gasteiger partial charge in [0.05, 0.1) is 25.5 Å². The summed E-state index contributed by atoms with van der Waals surface area (Å²) in [7, 11) is 1.57. The minimum Gasteiger partial charge on any atom is -0.495 e. The molecule has 1 aliphatic heterocycles. The molecule has 1 aromatic carbocycles. The van der Waals surface area contributed by atoms with Crippen molar-refractivity contribution in [1.82, 2.24) is 0 Å². The van der Waals surface area contributed by atoms with Crippen LogP contribution in [0.5, 0.6) is 5.75 Å². The Morgan fingerprint density at radius 1 is 1.56 bits per heavy atom. The number of anilines is 1. The number of benzene rings is 1. The predicted octanol–water partition coefficient (Wildman–Crippen LogP) is 1.35. The van der Waals surface area contributed by atoms with Crippen LogP contribution in [0.4, 0.5) is 5.69 Å². The Morgan fingerprint density at radius 2 is 2.38 bits per heavy atom. The minimum atomic E-state index is -0.572. The number of nitrogen functional groups attached to an aromatic ring is 1. The monoisotopic (exact) mass is 223 g/mol. The van der Waals surface area contributed by atoms with Gasteiger partial charge in [-0.3, -0.25) is 0 Å². The topological polar surface area (TPSA) is 64.7 Å². The maximum atomic E-state index is 10.2. The fraction of sp³-hybridized carbons (Fsp3) is 0.500. The van der Waals surface area contributed by atoms with Crippen LogP contribution in [0.1, 0.15) is 18.1 Å². The molecule has 88 valence electrons. The third kappa shape index (κ3) is 1.99. The molecular weight excluding hydrogens is 206 g/mol. The van der Waals surface area contributed by atoms with Crippen LogP contribution in [0.25, 0.3) is 0 Å². The second-order valence-corrected chi connectivity index (χ2v) is 4.03. The molecule has 1 saturated heterocycles. The van der Waals surface area contributed by atoms with Gasteiger partial charge in [-0.05, 0) is 12.5 Å². The van der Waals surface area contributed by atoms with Crippen LogP contribution < -0.4 is 10.5 Å². The first-order valence-corrected chi connectivity index (χ1v) is 5.42. The molecule has 2 atom stereocenters. The van der Waals surface area contributed by atoms with Crippen LogP contribution in [0.15, 0.2) is 18.2 Å². The fourth-order valence-electron chi connectivity index (χ4n) is 2.05. The minimum absolute atomic E-state index is 0.134. The summed E-state index contributed by atoms with van der Waals surface area (Å²) in [4.78, 5) is 0. The lowest BCUT2D eigenvalue weighted by atomic mass is 9.94. The van der Waals surface area contributed by atoms with E-state index in [1.165, 1.54) is 0 Å². The summed E-state index contributed by atoms with van der Waals surface area (Å²) in [6.07, 6.45) is 0.301. The van der Waals surface area contributed by atoms with Crippen molar-refractivity contribution in [2.45, 2.75) is 12.5 Å². The summed E-state index contributed by atoms with van der Waals surface area (Å²) in [6.45, 7) is 1.31. The highest BCUT2D eigenvalue weighted by molar-refractivity contribution is 5.59. The SMILES string of the molecule is COc1cccc(C(O)C2CCOC2)c1N. The van der Waals surface area contributed by atoms with Crippen molar-refractivity contribution in [1.29, 1.82) is 0 Å². The molecule has 1 fully saturated rings. The van der Waals surface area contributed by atoms with Gasteiger partial charge in [-0.1, -0.05) is 12.1 Å². The van der Waals surface area contributed by atoms with Gasteiger partial charge in [0.1, 0.15) is 5.75 Å². The van der Waals surface area contributed by atoms with Crippen LogP contribution in [-0.2, 0) is 4.74 Å². The van der Waals surface area contributed by atoms with E-state index >= 15 is 0 Å². The van der Waals surface area contributed by atoms with Crippen LogP contribution in [-0.4, -0.2) is 25.4 Å². The predicted molar refractivity (Wildman–Crippen MR) is 61.3 cm³/mol. The van der Waals surface area contributed by atoms with E-state index in [-0.39, 0.29) is 5.92 Å². The number of nitrogens with two attached hydrogens (primary N) is 1. The van der Waals surface area contributed by atoms with Crippen LogP contribution in [0, 0.1) is 5.92 Å². The maximum absolute atomic E-state index is 10.2. The normalized spacial score (nSPS) is 22.0. The lowest BCUT2D eigenvalue weighted by Crippen LogP contribution is -2.14. The second-order valence-electron chi connectivity index (χ2n) is 4.03. The Balaban J connectivity index is 2.25. The summed E-state index contributed by atoms with van der Waals surface area (Å²) in [5, 5.41) is 10.2. The number of hydrogen-bond acceptors (Lipinski definition) is 4. The third-order valence-corrected chi connectivity index (χ3v) is 3.05. The molecule has 0 aliphatic carbocycles. The molecule has 0 bridgehead atoms. The molecule has 4 heteroatoms. The highest BCUT2D eigenvalue weighted by Crippen LogP contribution is 2.35. The standard InChI is InChI=1S/C12H17NO3/c1-15-10-4-2-3-9(11(10)13)12(14)8-5-6-16-7-8/h2-4,8,12,14H,5-7,13H2,1H3. The first-order valence-electron chi connectivity index (χ1n) is 5.42. The van der Waals surface area contributed by atoms with E-state index in [4.69, 9.17) is 15.2 Å². The lowest BCUT2D eigenvalue weighted by Gasteiger charge is -2.19. The van der Waals surface area contributed by atoms with Crippen molar-refractivity contribution in [2.75, 3.05) is 26.1 Å². The van der Waals surface area contributed by atoms with Gasteiger partial charge in [-0.25, -0.2) is 0 Å². The molecule has 4 nitrogen and oxygen atoms in total. The number of hydrogen-bond donors (Lipinski definition) is 2. The highest BCUT2D eigenvalue weighted by atomic mass is 16.5. The molecule has 0 radical (unpaired) electrons. The van der Waals surface area contributed by atoms with Gasteiger partial charge in [0.15, 0.2) is 0 Å². The van der Waals surface area contributed by atoms with Crippen molar-refractivity contribution in [3.63, 3.8) is 0 Å². The average molecular weight is 223 g/mol. The van der Waals surface area contributed by atoms with Gasteiger partial charge in [0, 0.05) is 18.1 Å². The molecule has 0 spiro atoms. The molecule has 0 saturated carbocycles. The molecule has 1 aliphatic rings. The molecule has 2 rings (SSSR count). The quantitative estimate of drug-likeness (QED) is 0.759. The van der Waals surface area contributed by atoms with E-state index in [2.05, 4.69) is 0 Å². The molecule has 3 N–H and O–H groups in total. The summed E-state index contributed by atoms with van der Waals surface area (Å²) < 4.78 is 10.4. The van der Waals surface area contributed by atoms with Gasteiger partial charge in [0.25, 0.3) is 0 Å². The third-order valence-electron chi connectivity index (χ3n) is 3.05. The highest BCUT2D eigenvalue weighted by Gasteiger charge is 2.27. The zero-order valence-electron chi connectivity index (χ0n) is 9.35. The van der Waals surface area contributed by atoms with E-state index in [1.54, 1.807) is 13.2 Å². The van der Waals surface area contributed by atoms with Crippen LogP contribution >= 0.6 is 0 Å². The molecule has 0 amide bonds. The average Bonchev–Trinajstić information content (AvgIpc) is 2.82. The van der Waals surface area contributed by atoms with Crippen molar-refractivity contribution in [2.24, 2.45) is 5.92 Å².